The van der Waals surface area contributed by atoms with Crippen LogP contribution in [0.1, 0.15) is 11.1 Å². The van der Waals surface area contributed by atoms with Gasteiger partial charge in [-0.15, -0.1) is 0 Å². The quantitative estimate of drug-likeness (QED) is 0.860. The van der Waals surface area contributed by atoms with Gasteiger partial charge in [-0.1, -0.05) is 42.5 Å². The number of carboxylic acids is 1. The number of benzene rings is 2. The Balaban J connectivity index is 1.98. The molecule has 0 saturated heterocycles. The molecule has 0 bridgehead atoms. The zero-order chi connectivity index (χ0) is 16.7. The number of rotatable bonds is 6. The Labute approximate surface area is 133 Å². The van der Waals surface area contributed by atoms with Crippen LogP contribution < -0.4 is 5.32 Å². The molecule has 0 unspecified atom stereocenters. The van der Waals surface area contributed by atoms with E-state index in [0.29, 0.717) is 0 Å². The Morgan fingerprint density at radius 3 is 2.26 bits per heavy atom. The molecule has 0 aliphatic carbocycles. The molecule has 2 rings (SSSR count). The SMILES string of the molecule is O=C(O)CN(Cc1ccccc1)C(=O)NCc1ccc(F)cc1. The van der Waals surface area contributed by atoms with Crippen molar-refractivity contribution in [3.8, 4) is 0 Å². The maximum atomic E-state index is 12.8. The van der Waals surface area contributed by atoms with Gasteiger partial charge in [0.1, 0.15) is 12.4 Å². The number of hydrogen-bond donors (Lipinski definition) is 2. The van der Waals surface area contributed by atoms with Crippen molar-refractivity contribution in [2.75, 3.05) is 6.54 Å². The fourth-order valence-electron chi connectivity index (χ4n) is 2.06. The molecule has 6 heteroatoms. The predicted octanol–water partition coefficient (Wildman–Crippen LogP) is 2.62. The minimum absolute atomic E-state index is 0.197. The van der Waals surface area contributed by atoms with Crippen molar-refractivity contribution in [3.63, 3.8) is 0 Å². The summed E-state index contributed by atoms with van der Waals surface area (Å²) in [4.78, 5) is 24.4. The summed E-state index contributed by atoms with van der Waals surface area (Å²) in [6.45, 7) is -0.00341. The molecule has 0 aliphatic rings. The molecule has 0 radical (unpaired) electrons. The Morgan fingerprint density at radius 1 is 1.00 bits per heavy atom. The Hall–Kier alpha value is -2.89. The molecule has 0 heterocycles. The second-order valence-electron chi connectivity index (χ2n) is 5.02. The number of carbonyl (C=O) groups excluding carboxylic acids is 1. The van der Waals surface area contributed by atoms with E-state index in [-0.39, 0.29) is 18.9 Å². The fraction of sp³-hybridized carbons (Fsp3) is 0.176. The first-order valence-corrected chi connectivity index (χ1v) is 7.07. The van der Waals surface area contributed by atoms with Crippen molar-refractivity contribution in [2.24, 2.45) is 0 Å². The molecule has 5 nitrogen and oxygen atoms in total. The second-order valence-corrected chi connectivity index (χ2v) is 5.02. The lowest BCUT2D eigenvalue weighted by atomic mass is 10.2. The van der Waals surface area contributed by atoms with Crippen LogP contribution >= 0.6 is 0 Å². The average molecular weight is 316 g/mol. The van der Waals surface area contributed by atoms with Gasteiger partial charge < -0.3 is 15.3 Å². The van der Waals surface area contributed by atoms with Gasteiger partial charge in [-0.05, 0) is 23.3 Å². The van der Waals surface area contributed by atoms with Crippen molar-refractivity contribution in [2.45, 2.75) is 13.1 Å². The third-order valence-electron chi connectivity index (χ3n) is 3.19. The van der Waals surface area contributed by atoms with E-state index in [0.717, 1.165) is 11.1 Å². The van der Waals surface area contributed by atoms with Crippen LogP contribution in [-0.2, 0) is 17.9 Å². The molecule has 2 amide bonds. The van der Waals surface area contributed by atoms with Crippen LogP contribution in [0.15, 0.2) is 54.6 Å². The van der Waals surface area contributed by atoms with Crippen LogP contribution in [0.3, 0.4) is 0 Å². The first kappa shape index (κ1) is 16.5. The zero-order valence-electron chi connectivity index (χ0n) is 12.4. The molecule has 0 atom stereocenters. The molecular formula is C17H17FN2O3. The van der Waals surface area contributed by atoms with Crippen molar-refractivity contribution >= 4 is 12.0 Å². The number of amides is 2. The van der Waals surface area contributed by atoms with E-state index >= 15 is 0 Å². The summed E-state index contributed by atoms with van der Waals surface area (Å²) in [6.07, 6.45) is 0. The number of aliphatic carboxylic acids is 1. The van der Waals surface area contributed by atoms with Gasteiger partial charge >= 0.3 is 12.0 Å². The zero-order valence-corrected chi connectivity index (χ0v) is 12.4. The fourth-order valence-corrected chi connectivity index (χ4v) is 2.06. The van der Waals surface area contributed by atoms with Crippen molar-refractivity contribution in [3.05, 3.63) is 71.5 Å². The average Bonchev–Trinajstić information content (AvgIpc) is 2.54. The summed E-state index contributed by atoms with van der Waals surface area (Å²) in [5.41, 5.74) is 1.57. The number of carboxylic acid groups (broad SMARTS) is 1. The summed E-state index contributed by atoms with van der Waals surface area (Å²) < 4.78 is 12.8. The molecule has 120 valence electrons. The minimum atomic E-state index is -1.09. The Morgan fingerprint density at radius 2 is 1.65 bits per heavy atom. The summed E-state index contributed by atoms with van der Waals surface area (Å²) in [5, 5.41) is 11.6. The van der Waals surface area contributed by atoms with Gasteiger partial charge in [0.25, 0.3) is 0 Å². The van der Waals surface area contributed by atoms with Crippen molar-refractivity contribution in [1.82, 2.24) is 10.2 Å². The molecule has 23 heavy (non-hydrogen) atoms. The van der Waals surface area contributed by atoms with E-state index in [1.807, 2.05) is 30.3 Å². The monoisotopic (exact) mass is 316 g/mol. The first-order valence-electron chi connectivity index (χ1n) is 7.07. The third-order valence-corrected chi connectivity index (χ3v) is 3.19. The molecule has 2 N–H and O–H groups in total. The van der Waals surface area contributed by atoms with Crippen LogP contribution in [0.25, 0.3) is 0 Å². The highest BCUT2D eigenvalue weighted by Crippen LogP contribution is 2.06. The maximum Gasteiger partial charge on any atom is 0.323 e. The Kier molecular flexibility index (Phi) is 5.68. The number of halogens is 1. The highest BCUT2D eigenvalue weighted by atomic mass is 19.1. The molecule has 2 aromatic rings. The lowest BCUT2D eigenvalue weighted by Crippen LogP contribution is -2.42. The van der Waals surface area contributed by atoms with Gasteiger partial charge in [-0.3, -0.25) is 4.79 Å². The van der Waals surface area contributed by atoms with Crippen LogP contribution in [0.5, 0.6) is 0 Å². The van der Waals surface area contributed by atoms with E-state index in [4.69, 9.17) is 5.11 Å². The van der Waals surface area contributed by atoms with Crippen LogP contribution in [-0.4, -0.2) is 28.6 Å². The van der Waals surface area contributed by atoms with Gasteiger partial charge in [0.05, 0.1) is 0 Å². The van der Waals surface area contributed by atoms with E-state index in [9.17, 15) is 14.0 Å². The summed E-state index contributed by atoms with van der Waals surface area (Å²) in [5.74, 6) is -1.44. The van der Waals surface area contributed by atoms with Crippen molar-refractivity contribution < 1.29 is 19.1 Å². The number of hydrogen-bond acceptors (Lipinski definition) is 2. The Bertz CT molecular complexity index is 659. The van der Waals surface area contributed by atoms with Crippen LogP contribution in [0.4, 0.5) is 9.18 Å². The van der Waals surface area contributed by atoms with Crippen LogP contribution in [0.2, 0.25) is 0 Å². The van der Waals surface area contributed by atoms with Gasteiger partial charge in [-0.2, -0.15) is 0 Å². The molecular weight excluding hydrogens is 299 g/mol. The predicted molar refractivity (Wildman–Crippen MR) is 83.1 cm³/mol. The lowest BCUT2D eigenvalue weighted by molar-refractivity contribution is -0.137. The van der Waals surface area contributed by atoms with Crippen molar-refractivity contribution in [1.29, 1.82) is 0 Å². The molecule has 0 aromatic heterocycles. The minimum Gasteiger partial charge on any atom is -0.480 e. The summed E-state index contributed by atoms with van der Waals surface area (Å²) in [6, 6.07) is 14.4. The molecule has 0 spiro atoms. The number of carbonyl (C=O) groups is 2. The third kappa shape index (κ3) is 5.43. The highest BCUT2D eigenvalue weighted by molar-refractivity contribution is 5.80. The smallest absolute Gasteiger partial charge is 0.323 e. The number of nitrogens with one attached hydrogen (secondary N) is 1. The molecule has 2 aromatic carbocycles. The first-order chi connectivity index (χ1) is 11.0. The lowest BCUT2D eigenvalue weighted by Gasteiger charge is -2.21. The van der Waals surface area contributed by atoms with E-state index in [2.05, 4.69) is 5.32 Å². The van der Waals surface area contributed by atoms with Crippen LogP contribution in [0, 0.1) is 5.82 Å². The summed E-state index contributed by atoms with van der Waals surface area (Å²) >= 11 is 0. The topological polar surface area (TPSA) is 69.6 Å². The second kappa shape index (κ2) is 7.93. The highest BCUT2D eigenvalue weighted by Gasteiger charge is 2.16. The molecule has 0 fully saturated rings. The maximum absolute atomic E-state index is 12.8. The van der Waals surface area contributed by atoms with Gasteiger partial charge in [0.2, 0.25) is 0 Å². The standard InChI is InChI=1S/C17H17FN2O3/c18-15-8-6-13(7-9-15)10-19-17(23)20(12-16(21)22)11-14-4-2-1-3-5-14/h1-9H,10-12H2,(H,19,23)(H,21,22). The molecule has 0 aliphatic heterocycles. The largest absolute Gasteiger partial charge is 0.480 e. The normalized spacial score (nSPS) is 10.1. The summed E-state index contributed by atoms with van der Waals surface area (Å²) in [7, 11) is 0. The van der Waals surface area contributed by atoms with E-state index in [1.165, 1.54) is 17.0 Å². The number of nitrogens with zero attached hydrogens (tertiary/aromatic N) is 1. The van der Waals surface area contributed by atoms with Gasteiger partial charge in [0, 0.05) is 13.1 Å². The van der Waals surface area contributed by atoms with Gasteiger partial charge in [-0.25, -0.2) is 9.18 Å². The molecule has 0 saturated carbocycles. The van der Waals surface area contributed by atoms with E-state index < -0.39 is 18.5 Å². The van der Waals surface area contributed by atoms with Gasteiger partial charge in [0.15, 0.2) is 0 Å². The van der Waals surface area contributed by atoms with E-state index in [1.54, 1.807) is 12.1 Å². The number of urea groups is 1.